The number of halogens is 1. The lowest BCUT2D eigenvalue weighted by molar-refractivity contribution is -0.140. The van der Waals surface area contributed by atoms with Crippen molar-refractivity contribution >= 4 is 35.9 Å². The van der Waals surface area contributed by atoms with Gasteiger partial charge in [-0.3, -0.25) is 9.79 Å². The van der Waals surface area contributed by atoms with Crippen molar-refractivity contribution in [2.45, 2.75) is 38.5 Å². The maximum Gasteiger partial charge on any atom is 0.305 e. The molecule has 0 atom stereocenters. The van der Waals surface area contributed by atoms with Crippen LogP contribution < -0.4 is 10.6 Å². The van der Waals surface area contributed by atoms with Gasteiger partial charge < -0.3 is 20.1 Å². The van der Waals surface area contributed by atoms with E-state index < -0.39 is 0 Å². The van der Waals surface area contributed by atoms with Gasteiger partial charge in [0.15, 0.2) is 5.96 Å². The zero-order chi connectivity index (χ0) is 15.1. The molecule has 0 saturated carbocycles. The van der Waals surface area contributed by atoms with Gasteiger partial charge in [0, 0.05) is 40.3 Å². The fourth-order valence-corrected chi connectivity index (χ4v) is 1.70. The molecule has 0 spiro atoms. The molecule has 21 heavy (non-hydrogen) atoms. The molecule has 0 amide bonds. The van der Waals surface area contributed by atoms with Gasteiger partial charge in [0.2, 0.25) is 0 Å². The van der Waals surface area contributed by atoms with E-state index in [1.165, 1.54) is 7.11 Å². The van der Waals surface area contributed by atoms with Crippen LogP contribution in [0.1, 0.15) is 38.5 Å². The molecular weight excluding hydrogens is 385 g/mol. The van der Waals surface area contributed by atoms with Crippen molar-refractivity contribution in [3.8, 4) is 0 Å². The van der Waals surface area contributed by atoms with Crippen LogP contribution in [-0.2, 0) is 14.3 Å². The predicted molar refractivity (Wildman–Crippen MR) is 96.4 cm³/mol. The summed E-state index contributed by atoms with van der Waals surface area (Å²) in [5.41, 5.74) is 0. The molecule has 0 aromatic carbocycles. The van der Waals surface area contributed by atoms with E-state index in [0.717, 1.165) is 57.8 Å². The monoisotopic (exact) mass is 415 g/mol. The number of aliphatic imine (C=N–C) groups is 1. The van der Waals surface area contributed by atoms with E-state index in [1.807, 2.05) is 0 Å². The number of nitrogens with one attached hydrogen (secondary N) is 2. The number of hydrogen-bond acceptors (Lipinski definition) is 4. The van der Waals surface area contributed by atoms with Crippen LogP contribution in [0.4, 0.5) is 0 Å². The van der Waals surface area contributed by atoms with Gasteiger partial charge in [0.25, 0.3) is 0 Å². The molecule has 0 rings (SSSR count). The summed E-state index contributed by atoms with van der Waals surface area (Å²) in [6.45, 7) is 2.50. The number of ether oxygens (including phenoxy) is 2. The molecule has 2 N–H and O–H groups in total. The average Bonchev–Trinajstić information content (AvgIpc) is 2.48. The van der Waals surface area contributed by atoms with Crippen molar-refractivity contribution in [3.05, 3.63) is 0 Å². The number of rotatable bonds is 11. The highest BCUT2D eigenvalue weighted by molar-refractivity contribution is 14.0. The Hall–Kier alpha value is -0.570. The zero-order valence-electron chi connectivity index (χ0n) is 13.4. The van der Waals surface area contributed by atoms with Crippen LogP contribution in [0.5, 0.6) is 0 Å². The van der Waals surface area contributed by atoms with Gasteiger partial charge in [-0.1, -0.05) is 12.8 Å². The van der Waals surface area contributed by atoms with Crippen molar-refractivity contribution in [1.82, 2.24) is 10.6 Å². The number of unbranched alkanes of at least 4 members (excludes halogenated alkanes) is 3. The van der Waals surface area contributed by atoms with Crippen LogP contribution in [0.15, 0.2) is 4.99 Å². The standard InChI is InChI=1S/C14H29N3O3.HI/c1-15-14(17-11-8-12-19-2)16-10-7-5-4-6-9-13(18)20-3;/h4-12H2,1-3H3,(H2,15,16,17);1H. The lowest BCUT2D eigenvalue weighted by Crippen LogP contribution is -2.38. The van der Waals surface area contributed by atoms with Gasteiger partial charge >= 0.3 is 5.97 Å². The molecule has 0 aliphatic rings. The molecule has 0 radical (unpaired) electrons. The van der Waals surface area contributed by atoms with Crippen LogP contribution in [0, 0.1) is 0 Å². The number of hydrogen-bond donors (Lipinski definition) is 2. The minimum atomic E-state index is -0.121. The molecule has 0 fully saturated rings. The molecule has 0 saturated heterocycles. The first-order chi connectivity index (χ1) is 9.74. The fourth-order valence-electron chi connectivity index (χ4n) is 1.70. The van der Waals surface area contributed by atoms with E-state index in [0.29, 0.717) is 6.42 Å². The number of carbonyl (C=O) groups is 1. The Morgan fingerprint density at radius 3 is 2.19 bits per heavy atom. The first-order valence-electron chi connectivity index (χ1n) is 7.24. The second kappa shape index (κ2) is 17.5. The SMILES string of the molecule is CN=C(NCCCCCCC(=O)OC)NCCCOC.I. The predicted octanol–water partition coefficient (Wildman–Crippen LogP) is 1.93. The van der Waals surface area contributed by atoms with Crippen molar-refractivity contribution in [1.29, 1.82) is 0 Å². The van der Waals surface area contributed by atoms with Crippen molar-refractivity contribution < 1.29 is 14.3 Å². The Bertz CT molecular complexity index is 276. The second-order valence-corrected chi connectivity index (χ2v) is 4.51. The van der Waals surface area contributed by atoms with E-state index in [9.17, 15) is 4.79 Å². The van der Waals surface area contributed by atoms with Crippen molar-refractivity contribution in [3.63, 3.8) is 0 Å². The third-order valence-electron chi connectivity index (χ3n) is 2.87. The maximum absolute atomic E-state index is 10.9. The van der Waals surface area contributed by atoms with E-state index in [1.54, 1.807) is 14.2 Å². The minimum Gasteiger partial charge on any atom is -0.469 e. The first-order valence-corrected chi connectivity index (χ1v) is 7.24. The molecular formula is C14H30IN3O3. The summed E-state index contributed by atoms with van der Waals surface area (Å²) in [6.07, 6.45) is 5.61. The molecule has 0 unspecified atom stereocenters. The van der Waals surface area contributed by atoms with Crippen LogP contribution >= 0.6 is 24.0 Å². The van der Waals surface area contributed by atoms with Crippen molar-refractivity contribution in [2.75, 3.05) is 41.0 Å². The zero-order valence-corrected chi connectivity index (χ0v) is 15.8. The molecule has 0 aliphatic carbocycles. The van der Waals surface area contributed by atoms with Gasteiger partial charge in [0.1, 0.15) is 0 Å². The summed E-state index contributed by atoms with van der Waals surface area (Å²) in [4.78, 5) is 15.1. The van der Waals surface area contributed by atoms with Gasteiger partial charge in [-0.05, 0) is 19.3 Å². The Labute approximate surface area is 145 Å². The van der Waals surface area contributed by atoms with Gasteiger partial charge in [-0.15, -0.1) is 24.0 Å². The van der Waals surface area contributed by atoms with Crippen molar-refractivity contribution in [2.24, 2.45) is 4.99 Å². The Morgan fingerprint density at radius 2 is 1.62 bits per heavy atom. The Kier molecular flexibility index (Phi) is 18.9. The van der Waals surface area contributed by atoms with E-state index in [2.05, 4.69) is 20.4 Å². The molecule has 6 nitrogen and oxygen atoms in total. The second-order valence-electron chi connectivity index (χ2n) is 4.51. The molecule has 0 aromatic heterocycles. The first kappa shape index (κ1) is 22.7. The summed E-state index contributed by atoms with van der Waals surface area (Å²) in [5, 5.41) is 6.49. The highest BCUT2D eigenvalue weighted by atomic mass is 127. The topological polar surface area (TPSA) is 72.0 Å². The number of carbonyl (C=O) groups excluding carboxylic acids is 1. The number of esters is 1. The highest BCUT2D eigenvalue weighted by Crippen LogP contribution is 2.03. The third-order valence-corrected chi connectivity index (χ3v) is 2.87. The molecule has 0 bridgehead atoms. The molecule has 126 valence electrons. The van der Waals surface area contributed by atoms with Crippen LogP contribution in [0.25, 0.3) is 0 Å². The number of nitrogens with zero attached hydrogens (tertiary/aromatic N) is 1. The van der Waals surface area contributed by atoms with E-state index >= 15 is 0 Å². The number of methoxy groups -OCH3 is 2. The van der Waals surface area contributed by atoms with E-state index in [-0.39, 0.29) is 29.9 Å². The molecule has 0 aromatic rings. The highest BCUT2D eigenvalue weighted by Gasteiger charge is 1.99. The fraction of sp³-hybridized carbons (Fsp3) is 0.857. The summed E-state index contributed by atoms with van der Waals surface area (Å²) in [5.74, 6) is 0.708. The summed E-state index contributed by atoms with van der Waals surface area (Å²) < 4.78 is 9.58. The van der Waals surface area contributed by atoms with Crippen LogP contribution in [-0.4, -0.2) is 52.9 Å². The molecule has 0 heterocycles. The quantitative estimate of drug-likeness (QED) is 0.177. The molecule has 0 aliphatic heterocycles. The Morgan fingerprint density at radius 1 is 1.00 bits per heavy atom. The smallest absolute Gasteiger partial charge is 0.305 e. The average molecular weight is 415 g/mol. The normalized spacial score (nSPS) is 10.7. The van der Waals surface area contributed by atoms with E-state index in [4.69, 9.17) is 4.74 Å². The minimum absolute atomic E-state index is 0. The van der Waals surface area contributed by atoms with Gasteiger partial charge in [-0.2, -0.15) is 0 Å². The lowest BCUT2D eigenvalue weighted by Gasteiger charge is -2.11. The largest absolute Gasteiger partial charge is 0.469 e. The summed E-state index contributed by atoms with van der Waals surface area (Å²) in [6, 6.07) is 0. The molecule has 7 heteroatoms. The summed E-state index contributed by atoms with van der Waals surface area (Å²) in [7, 11) is 4.90. The number of guanidine groups is 1. The van der Waals surface area contributed by atoms with Gasteiger partial charge in [0.05, 0.1) is 7.11 Å². The maximum atomic E-state index is 10.9. The third kappa shape index (κ3) is 15.6. The summed E-state index contributed by atoms with van der Waals surface area (Å²) >= 11 is 0. The van der Waals surface area contributed by atoms with Crippen LogP contribution in [0.2, 0.25) is 0 Å². The lowest BCUT2D eigenvalue weighted by atomic mass is 10.1. The van der Waals surface area contributed by atoms with Crippen LogP contribution in [0.3, 0.4) is 0 Å². The van der Waals surface area contributed by atoms with Gasteiger partial charge in [-0.25, -0.2) is 0 Å². The Balaban J connectivity index is 0.